The van der Waals surface area contributed by atoms with Crippen LogP contribution >= 0.6 is 0 Å². The first-order valence-electron chi connectivity index (χ1n) is 3.85. The van der Waals surface area contributed by atoms with Crippen LogP contribution < -0.4 is 4.74 Å². The topological polar surface area (TPSA) is 50.1 Å². The Morgan fingerprint density at radius 3 is 2.86 bits per heavy atom. The molecule has 0 aliphatic carbocycles. The summed E-state index contributed by atoms with van der Waals surface area (Å²) in [5.41, 5.74) is 1.05. The number of rotatable bonds is 2. The number of ether oxygens (including phenoxy) is 1. The first kappa shape index (κ1) is 9.83. The molecule has 0 saturated heterocycles. The van der Waals surface area contributed by atoms with Gasteiger partial charge in [0.2, 0.25) is 0 Å². The van der Waals surface area contributed by atoms with Crippen molar-refractivity contribution in [1.82, 2.24) is 0 Å². The number of aldehydes is 1. The molecule has 0 atom stereocenters. The molecular weight excluding hydrogens is 178 g/mol. The molecule has 0 unspecified atom stereocenters. The van der Waals surface area contributed by atoms with Gasteiger partial charge < -0.3 is 4.74 Å². The Balaban J connectivity index is 3.22. The van der Waals surface area contributed by atoms with Gasteiger partial charge in [0.15, 0.2) is 6.07 Å². The average molecular weight is 185 g/mol. The highest BCUT2D eigenvalue weighted by atomic mass is 16.5. The van der Waals surface area contributed by atoms with E-state index in [1.807, 2.05) is 0 Å². The van der Waals surface area contributed by atoms with Crippen LogP contribution in [0, 0.1) is 23.2 Å². The first-order chi connectivity index (χ1) is 6.81. The number of methoxy groups -OCH3 is 1. The lowest BCUT2D eigenvalue weighted by Crippen LogP contribution is -1.89. The highest BCUT2D eigenvalue weighted by molar-refractivity contribution is 5.76. The molecule has 0 aromatic heterocycles. The van der Waals surface area contributed by atoms with E-state index in [1.54, 1.807) is 24.3 Å². The molecule has 0 spiro atoms. The summed E-state index contributed by atoms with van der Waals surface area (Å²) >= 11 is 0. The minimum atomic E-state index is 0.507. The predicted octanol–water partition coefficient (Wildman–Crippen LogP) is 1.38. The minimum Gasteiger partial charge on any atom is -0.495 e. The van der Waals surface area contributed by atoms with Crippen LogP contribution in [0.5, 0.6) is 5.75 Å². The summed E-state index contributed by atoms with van der Waals surface area (Å²) in [5.74, 6) is 5.40. The molecule has 3 nitrogen and oxygen atoms in total. The zero-order valence-electron chi connectivity index (χ0n) is 7.57. The molecule has 1 aromatic rings. The summed E-state index contributed by atoms with van der Waals surface area (Å²) in [6.45, 7) is 0. The van der Waals surface area contributed by atoms with Crippen LogP contribution in [0.3, 0.4) is 0 Å². The fourth-order valence-corrected chi connectivity index (χ4v) is 0.992. The van der Waals surface area contributed by atoms with Crippen molar-refractivity contribution in [3.05, 3.63) is 29.3 Å². The molecule has 0 heterocycles. The Morgan fingerprint density at radius 1 is 1.50 bits per heavy atom. The van der Waals surface area contributed by atoms with Crippen LogP contribution in [0.1, 0.15) is 15.9 Å². The molecule has 3 heteroatoms. The van der Waals surface area contributed by atoms with E-state index in [1.165, 1.54) is 7.11 Å². The van der Waals surface area contributed by atoms with Gasteiger partial charge in [0, 0.05) is 11.5 Å². The van der Waals surface area contributed by atoms with Crippen LogP contribution in [0.2, 0.25) is 0 Å². The van der Waals surface area contributed by atoms with Gasteiger partial charge in [-0.1, -0.05) is 0 Å². The van der Waals surface area contributed by atoms with Crippen molar-refractivity contribution in [3.63, 3.8) is 0 Å². The van der Waals surface area contributed by atoms with Crippen molar-refractivity contribution in [1.29, 1.82) is 5.26 Å². The SMILES string of the molecule is COc1ccc(C=O)cc1C#CC#N. The quantitative estimate of drug-likeness (QED) is 0.516. The molecular formula is C11H7NO2. The molecule has 0 N–H and O–H groups in total. The third-order valence-corrected chi connectivity index (χ3v) is 1.61. The summed E-state index contributed by atoms with van der Waals surface area (Å²) in [6.07, 6.45) is 0.719. The molecule has 14 heavy (non-hydrogen) atoms. The van der Waals surface area contributed by atoms with Crippen LogP contribution in [0.25, 0.3) is 0 Å². The van der Waals surface area contributed by atoms with Gasteiger partial charge in [-0.05, 0) is 24.1 Å². The summed E-state index contributed by atoms with van der Waals surface area (Å²) < 4.78 is 5.01. The van der Waals surface area contributed by atoms with Crippen LogP contribution in [-0.4, -0.2) is 13.4 Å². The molecule has 0 bridgehead atoms. The van der Waals surface area contributed by atoms with E-state index in [9.17, 15) is 4.79 Å². The maximum Gasteiger partial charge on any atom is 0.152 e. The number of nitriles is 1. The molecule has 1 rings (SSSR count). The lowest BCUT2D eigenvalue weighted by atomic mass is 10.1. The van der Waals surface area contributed by atoms with E-state index in [0.29, 0.717) is 16.9 Å². The van der Waals surface area contributed by atoms with Crippen LogP contribution in [0.4, 0.5) is 0 Å². The molecule has 0 saturated carbocycles. The maximum absolute atomic E-state index is 10.5. The highest BCUT2D eigenvalue weighted by Gasteiger charge is 2.00. The first-order valence-corrected chi connectivity index (χ1v) is 3.85. The van der Waals surface area contributed by atoms with Gasteiger partial charge in [-0.2, -0.15) is 5.26 Å². The van der Waals surface area contributed by atoms with E-state index < -0.39 is 0 Å². The van der Waals surface area contributed by atoms with Gasteiger partial charge in [-0.3, -0.25) is 4.79 Å². The molecule has 0 fully saturated rings. The highest BCUT2D eigenvalue weighted by Crippen LogP contribution is 2.17. The van der Waals surface area contributed by atoms with Crippen LogP contribution in [-0.2, 0) is 0 Å². The van der Waals surface area contributed by atoms with Gasteiger partial charge in [-0.25, -0.2) is 0 Å². The monoisotopic (exact) mass is 185 g/mol. The predicted molar refractivity (Wildman–Crippen MR) is 50.9 cm³/mol. The summed E-state index contributed by atoms with van der Waals surface area (Å²) in [7, 11) is 1.51. The van der Waals surface area contributed by atoms with Crippen molar-refractivity contribution in [3.8, 4) is 23.7 Å². The fraction of sp³-hybridized carbons (Fsp3) is 0.0909. The Hall–Kier alpha value is -2.26. The number of hydrogen-bond donors (Lipinski definition) is 0. The molecule has 0 aliphatic heterocycles. The van der Waals surface area contributed by atoms with Gasteiger partial charge in [0.25, 0.3) is 0 Å². The van der Waals surface area contributed by atoms with E-state index in [2.05, 4.69) is 11.8 Å². The molecule has 0 amide bonds. The second kappa shape index (κ2) is 4.69. The van der Waals surface area contributed by atoms with Crippen LogP contribution in [0.15, 0.2) is 18.2 Å². The molecule has 0 radical (unpaired) electrons. The second-order valence-corrected chi connectivity index (χ2v) is 2.44. The third-order valence-electron chi connectivity index (χ3n) is 1.61. The van der Waals surface area contributed by atoms with E-state index in [-0.39, 0.29) is 0 Å². The van der Waals surface area contributed by atoms with Crippen molar-refractivity contribution in [2.45, 2.75) is 0 Å². The standard InChI is InChI=1S/C11H7NO2/c1-14-11-5-4-9(8-13)7-10(11)3-2-6-12/h4-5,7-8H,1H3. The van der Waals surface area contributed by atoms with E-state index in [0.717, 1.165) is 6.29 Å². The van der Waals surface area contributed by atoms with E-state index in [4.69, 9.17) is 10.00 Å². The number of carbonyl (C=O) groups excluding carboxylic acids is 1. The average Bonchev–Trinajstić information content (AvgIpc) is 2.25. The van der Waals surface area contributed by atoms with Gasteiger partial charge in [-0.15, -0.1) is 0 Å². The Kier molecular flexibility index (Phi) is 3.29. The fourth-order valence-electron chi connectivity index (χ4n) is 0.992. The van der Waals surface area contributed by atoms with Crippen molar-refractivity contribution in [2.75, 3.05) is 7.11 Å². The Morgan fingerprint density at radius 2 is 2.29 bits per heavy atom. The zero-order chi connectivity index (χ0) is 10.4. The van der Waals surface area contributed by atoms with Crippen molar-refractivity contribution < 1.29 is 9.53 Å². The number of benzene rings is 1. The number of hydrogen-bond acceptors (Lipinski definition) is 3. The smallest absolute Gasteiger partial charge is 0.152 e. The van der Waals surface area contributed by atoms with Crippen molar-refractivity contribution >= 4 is 6.29 Å². The normalized spacial score (nSPS) is 8.00. The van der Waals surface area contributed by atoms with Gasteiger partial charge in [0.1, 0.15) is 12.0 Å². The van der Waals surface area contributed by atoms with Crippen molar-refractivity contribution in [2.24, 2.45) is 0 Å². The third kappa shape index (κ3) is 2.12. The minimum absolute atomic E-state index is 0.507. The molecule has 1 aromatic carbocycles. The Bertz CT molecular complexity index is 447. The largest absolute Gasteiger partial charge is 0.495 e. The molecule has 68 valence electrons. The lowest BCUT2D eigenvalue weighted by Gasteiger charge is -2.02. The Labute approximate surface area is 81.9 Å². The summed E-state index contributed by atoms with van der Waals surface area (Å²) in [5, 5.41) is 8.28. The van der Waals surface area contributed by atoms with Gasteiger partial charge >= 0.3 is 0 Å². The number of carbonyl (C=O) groups is 1. The second-order valence-electron chi connectivity index (χ2n) is 2.44. The van der Waals surface area contributed by atoms with Gasteiger partial charge in [0.05, 0.1) is 12.7 Å². The molecule has 0 aliphatic rings. The maximum atomic E-state index is 10.5. The van der Waals surface area contributed by atoms with E-state index >= 15 is 0 Å². The zero-order valence-corrected chi connectivity index (χ0v) is 7.57. The summed E-state index contributed by atoms with van der Waals surface area (Å²) in [6, 6.07) is 6.55. The summed E-state index contributed by atoms with van der Waals surface area (Å²) in [4.78, 5) is 10.5. The lowest BCUT2D eigenvalue weighted by molar-refractivity contribution is 0.112. The number of nitrogens with zero attached hydrogens (tertiary/aromatic N) is 1.